The monoisotopic (exact) mass is 285 g/mol. The Balaban J connectivity index is 2.87. The van der Waals surface area contributed by atoms with Gasteiger partial charge in [0.15, 0.2) is 0 Å². The van der Waals surface area contributed by atoms with E-state index >= 15 is 0 Å². The molecule has 0 bridgehead atoms. The van der Waals surface area contributed by atoms with Gasteiger partial charge in [-0.05, 0) is 25.1 Å². The Morgan fingerprint density at radius 3 is 2.87 bits per heavy atom. The van der Waals surface area contributed by atoms with E-state index in [1.807, 2.05) is 13.0 Å². The smallest absolute Gasteiger partial charge is 0.252 e. The summed E-state index contributed by atoms with van der Waals surface area (Å²) >= 11 is 7.56. The highest BCUT2D eigenvalue weighted by atomic mass is 79.9. The molecule has 1 unspecified atom stereocenters. The molecule has 0 aliphatic heterocycles. The third-order valence-corrected chi connectivity index (χ3v) is 2.78. The number of nitrogens with one attached hydrogen (secondary N) is 1. The number of carbonyl (C=O) groups excluding carboxylic acids is 1. The summed E-state index contributed by atoms with van der Waals surface area (Å²) in [6.07, 6.45) is 1.68. The highest BCUT2D eigenvalue weighted by Crippen LogP contribution is 2.19. The maximum atomic E-state index is 11.7. The van der Waals surface area contributed by atoms with Crippen LogP contribution in [0.25, 0.3) is 0 Å². The number of halogens is 1. The van der Waals surface area contributed by atoms with Crippen molar-refractivity contribution in [2.45, 2.75) is 17.9 Å². The van der Waals surface area contributed by atoms with Crippen molar-refractivity contribution < 1.29 is 4.79 Å². The number of benzene rings is 1. The first-order chi connectivity index (χ1) is 7.04. The van der Waals surface area contributed by atoms with E-state index in [1.165, 1.54) is 0 Å². The van der Waals surface area contributed by atoms with Gasteiger partial charge < -0.3 is 5.32 Å². The zero-order valence-electron chi connectivity index (χ0n) is 8.33. The molecule has 0 heterocycles. The van der Waals surface area contributed by atoms with Crippen molar-refractivity contribution in [3.8, 4) is 0 Å². The van der Waals surface area contributed by atoms with Gasteiger partial charge in [0.05, 0.1) is 5.56 Å². The van der Waals surface area contributed by atoms with Crippen molar-refractivity contribution in [3.63, 3.8) is 0 Å². The van der Waals surface area contributed by atoms with Crippen LogP contribution < -0.4 is 5.32 Å². The molecule has 1 rings (SSSR count). The summed E-state index contributed by atoms with van der Waals surface area (Å²) in [7, 11) is 0. The highest BCUT2D eigenvalue weighted by Gasteiger charge is 2.10. The summed E-state index contributed by atoms with van der Waals surface area (Å²) in [5, 5.41) is 2.78. The molecule has 0 aliphatic rings. The minimum Gasteiger partial charge on any atom is -0.346 e. The van der Waals surface area contributed by atoms with Crippen molar-refractivity contribution in [1.29, 1.82) is 0 Å². The van der Waals surface area contributed by atoms with E-state index < -0.39 is 0 Å². The summed E-state index contributed by atoms with van der Waals surface area (Å²) in [5.41, 5.74) is 0.565. The number of carbonyl (C=O) groups is 1. The topological polar surface area (TPSA) is 29.1 Å². The zero-order chi connectivity index (χ0) is 11.4. The van der Waals surface area contributed by atoms with Crippen LogP contribution in [0.5, 0.6) is 0 Å². The van der Waals surface area contributed by atoms with E-state index in [2.05, 4.69) is 40.5 Å². The van der Waals surface area contributed by atoms with Gasteiger partial charge in [0.1, 0.15) is 0 Å². The molecule has 1 aromatic carbocycles. The van der Waals surface area contributed by atoms with Crippen molar-refractivity contribution in [1.82, 2.24) is 5.32 Å². The van der Waals surface area contributed by atoms with Crippen molar-refractivity contribution >= 4 is 34.5 Å². The summed E-state index contributed by atoms with van der Waals surface area (Å²) in [6.45, 7) is 5.47. The van der Waals surface area contributed by atoms with Gasteiger partial charge in [-0.3, -0.25) is 4.79 Å². The Labute approximate surface area is 103 Å². The van der Waals surface area contributed by atoms with Gasteiger partial charge in [-0.25, -0.2) is 0 Å². The van der Waals surface area contributed by atoms with Gasteiger partial charge in [-0.2, -0.15) is 0 Å². The van der Waals surface area contributed by atoms with Crippen LogP contribution in [0.15, 0.2) is 40.2 Å². The number of amides is 1. The maximum absolute atomic E-state index is 11.7. The Hall–Kier alpha value is -0.740. The molecule has 0 aromatic heterocycles. The van der Waals surface area contributed by atoms with Crippen LogP contribution in [0.1, 0.15) is 17.3 Å². The molecule has 2 nitrogen and oxygen atoms in total. The molecule has 0 radical (unpaired) electrons. The molecule has 1 N–H and O–H groups in total. The summed E-state index contributed by atoms with van der Waals surface area (Å²) in [4.78, 5) is 12.4. The van der Waals surface area contributed by atoms with Crippen molar-refractivity contribution in [2.24, 2.45) is 0 Å². The van der Waals surface area contributed by atoms with Crippen LogP contribution >= 0.6 is 28.6 Å². The largest absolute Gasteiger partial charge is 0.346 e. The van der Waals surface area contributed by atoms with Gasteiger partial charge in [0.2, 0.25) is 0 Å². The Kier molecular flexibility index (Phi) is 4.42. The second kappa shape index (κ2) is 5.37. The first-order valence-electron chi connectivity index (χ1n) is 4.46. The molecule has 1 amide bonds. The summed E-state index contributed by atoms with van der Waals surface area (Å²) in [5.74, 6) is -0.139. The minimum absolute atomic E-state index is 0.0473. The predicted octanol–water partition coefficient (Wildman–Crippen LogP) is 3.04. The van der Waals surface area contributed by atoms with Crippen LogP contribution in [0.3, 0.4) is 0 Å². The molecule has 1 aromatic rings. The molecule has 1 atom stereocenters. The van der Waals surface area contributed by atoms with Gasteiger partial charge in [0, 0.05) is 15.4 Å². The van der Waals surface area contributed by atoms with Crippen LogP contribution in [0.4, 0.5) is 0 Å². The van der Waals surface area contributed by atoms with Gasteiger partial charge in [-0.15, -0.1) is 19.2 Å². The van der Waals surface area contributed by atoms with Crippen molar-refractivity contribution in [3.05, 3.63) is 40.9 Å². The highest BCUT2D eigenvalue weighted by molar-refractivity contribution is 9.10. The average Bonchev–Trinajstić information content (AvgIpc) is 2.17. The Bertz CT molecular complexity index is 392. The molecule has 80 valence electrons. The Morgan fingerprint density at radius 1 is 1.67 bits per heavy atom. The lowest BCUT2D eigenvalue weighted by molar-refractivity contribution is 0.0944. The summed E-state index contributed by atoms with van der Waals surface area (Å²) in [6, 6.07) is 5.29. The summed E-state index contributed by atoms with van der Waals surface area (Å²) < 4.78 is 0.904. The first kappa shape index (κ1) is 12.3. The van der Waals surface area contributed by atoms with Gasteiger partial charge in [0.25, 0.3) is 5.91 Å². The molecule has 0 aliphatic carbocycles. The molecule has 4 heteroatoms. The molecule has 0 spiro atoms. The maximum Gasteiger partial charge on any atom is 0.252 e. The van der Waals surface area contributed by atoms with E-state index in [0.717, 1.165) is 4.47 Å². The molecule has 0 saturated heterocycles. The standard InChI is InChI=1S/C11H12BrNOS/c1-3-7(2)13-11(14)9-5-4-8(12)6-10(9)15/h3-7,15H,1H2,2H3,(H,13,14). The normalized spacial score (nSPS) is 11.9. The van der Waals surface area contributed by atoms with E-state index in [9.17, 15) is 4.79 Å². The van der Waals surface area contributed by atoms with Gasteiger partial charge >= 0.3 is 0 Å². The fraction of sp³-hybridized carbons (Fsp3) is 0.182. The fourth-order valence-electron chi connectivity index (χ4n) is 1.04. The number of hydrogen-bond donors (Lipinski definition) is 2. The fourth-order valence-corrected chi connectivity index (χ4v) is 1.89. The molecule has 0 saturated carbocycles. The van der Waals surface area contributed by atoms with E-state index in [0.29, 0.717) is 10.5 Å². The zero-order valence-corrected chi connectivity index (χ0v) is 10.8. The van der Waals surface area contributed by atoms with E-state index in [1.54, 1.807) is 18.2 Å². The SMILES string of the molecule is C=CC(C)NC(=O)c1ccc(Br)cc1S. The first-order valence-corrected chi connectivity index (χ1v) is 5.70. The third kappa shape index (κ3) is 3.39. The molecular formula is C11H12BrNOS. The molecule has 0 fully saturated rings. The Morgan fingerprint density at radius 2 is 2.33 bits per heavy atom. The second-order valence-corrected chi connectivity index (χ2v) is 4.56. The second-order valence-electron chi connectivity index (χ2n) is 3.16. The average molecular weight is 286 g/mol. The van der Waals surface area contributed by atoms with E-state index in [-0.39, 0.29) is 11.9 Å². The lowest BCUT2D eigenvalue weighted by Gasteiger charge is -2.10. The lowest BCUT2D eigenvalue weighted by Crippen LogP contribution is -2.31. The minimum atomic E-state index is -0.139. The van der Waals surface area contributed by atoms with Crippen LogP contribution in [-0.4, -0.2) is 11.9 Å². The number of hydrogen-bond acceptors (Lipinski definition) is 2. The van der Waals surface area contributed by atoms with Crippen LogP contribution in [0.2, 0.25) is 0 Å². The molecule has 15 heavy (non-hydrogen) atoms. The van der Waals surface area contributed by atoms with E-state index in [4.69, 9.17) is 0 Å². The predicted molar refractivity (Wildman–Crippen MR) is 68.5 cm³/mol. The lowest BCUT2D eigenvalue weighted by atomic mass is 10.2. The number of thiol groups is 1. The number of rotatable bonds is 3. The quantitative estimate of drug-likeness (QED) is 0.649. The van der Waals surface area contributed by atoms with Crippen LogP contribution in [-0.2, 0) is 0 Å². The van der Waals surface area contributed by atoms with Crippen molar-refractivity contribution in [2.75, 3.05) is 0 Å². The van der Waals surface area contributed by atoms with Crippen LogP contribution in [0, 0.1) is 0 Å². The van der Waals surface area contributed by atoms with Gasteiger partial charge in [-0.1, -0.05) is 22.0 Å². The third-order valence-electron chi connectivity index (χ3n) is 1.92. The molecular weight excluding hydrogens is 274 g/mol.